The summed E-state index contributed by atoms with van der Waals surface area (Å²) in [5.74, 6) is 0.508. The number of ether oxygens (including phenoxy) is 1. The van der Waals surface area contributed by atoms with E-state index in [1.54, 1.807) is 12.1 Å². The van der Waals surface area contributed by atoms with Crippen LogP contribution in [-0.2, 0) is 10.0 Å². The smallest absolute Gasteiger partial charge is 0.241 e. The first kappa shape index (κ1) is 15.4. The van der Waals surface area contributed by atoms with Crippen LogP contribution in [0.1, 0.15) is 6.42 Å². The fraction of sp³-hybridized carbons (Fsp3) is 0.455. The number of hydrogen-bond donors (Lipinski definition) is 2. The zero-order chi connectivity index (χ0) is 13.6. The van der Waals surface area contributed by atoms with Crippen LogP contribution in [0.5, 0.6) is 5.75 Å². The molecule has 0 saturated carbocycles. The summed E-state index contributed by atoms with van der Waals surface area (Å²) in [5.41, 5.74) is 0. The van der Waals surface area contributed by atoms with Gasteiger partial charge in [-0.1, -0.05) is 0 Å². The third kappa shape index (κ3) is 4.24. The summed E-state index contributed by atoms with van der Waals surface area (Å²) in [7, 11) is -0.182. The van der Waals surface area contributed by atoms with Gasteiger partial charge in [-0.05, 0) is 48.1 Å². The van der Waals surface area contributed by atoms with Crippen LogP contribution in [-0.4, -0.2) is 35.7 Å². The molecule has 0 aliphatic rings. The molecule has 1 aromatic carbocycles. The van der Waals surface area contributed by atoms with Gasteiger partial charge in [-0.25, -0.2) is 13.1 Å². The van der Waals surface area contributed by atoms with Gasteiger partial charge < -0.3 is 10.1 Å². The van der Waals surface area contributed by atoms with Crippen LogP contribution in [0.2, 0.25) is 0 Å². The van der Waals surface area contributed by atoms with Gasteiger partial charge in [-0.3, -0.25) is 0 Å². The van der Waals surface area contributed by atoms with E-state index in [-0.39, 0.29) is 4.90 Å². The summed E-state index contributed by atoms with van der Waals surface area (Å²) in [5, 5.41) is 2.96. The molecular formula is C11H17BrN2O3S. The molecule has 102 valence electrons. The maximum absolute atomic E-state index is 12.1. The van der Waals surface area contributed by atoms with Gasteiger partial charge in [0.15, 0.2) is 0 Å². The highest BCUT2D eigenvalue weighted by Crippen LogP contribution is 2.26. The number of nitrogens with one attached hydrogen (secondary N) is 2. The normalized spacial score (nSPS) is 11.5. The molecule has 0 aliphatic carbocycles. The fourth-order valence-electron chi connectivity index (χ4n) is 1.37. The zero-order valence-electron chi connectivity index (χ0n) is 10.4. The van der Waals surface area contributed by atoms with E-state index in [0.29, 0.717) is 16.8 Å². The first-order chi connectivity index (χ1) is 8.51. The molecule has 2 N–H and O–H groups in total. The monoisotopic (exact) mass is 336 g/mol. The summed E-state index contributed by atoms with van der Waals surface area (Å²) in [6.45, 7) is 1.16. The number of benzene rings is 1. The van der Waals surface area contributed by atoms with E-state index >= 15 is 0 Å². The van der Waals surface area contributed by atoms with Crippen molar-refractivity contribution in [2.24, 2.45) is 0 Å². The lowest BCUT2D eigenvalue weighted by molar-refractivity contribution is 0.413. The maximum atomic E-state index is 12.1. The minimum Gasteiger partial charge on any atom is -0.497 e. The molecule has 0 fully saturated rings. The van der Waals surface area contributed by atoms with Gasteiger partial charge in [-0.2, -0.15) is 0 Å². The Kier molecular flexibility index (Phi) is 6.07. The number of halogens is 1. The summed E-state index contributed by atoms with van der Waals surface area (Å²) >= 11 is 3.23. The molecule has 0 atom stereocenters. The van der Waals surface area contributed by atoms with E-state index in [1.807, 2.05) is 7.05 Å². The summed E-state index contributed by atoms with van der Waals surface area (Å²) in [4.78, 5) is 0.186. The van der Waals surface area contributed by atoms with Gasteiger partial charge in [0, 0.05) is 17.1 Å². The van der Waals surface area contributed by atoms with E-state index in [0.717, 1.165) is 13.0 Å². The quantitative estimate of drug-likeness (QED) is 0.737. The molecule has 18 heavy (non-hydrogen) atoms. The van der Waals surface area contributed by atoms with Crippen molar-refractivity contribution in [1.82, 2.24) is 10.0 Å². The minimum atomic E-state index is -3.51. The van der Waals surface area contributed by atoms with Gasteiger partial charge >= 0.3 is 0 Å². The van der Waals surface area contributed by atoms with Gasteiger partial charge in [0.1, 0.15) is 5.75 Å². The number of rotatable bonds is 7. The molecule has 0 aromatic heterocycles. The third-order valence-electron chi connectivity index (χ3n) is 2.32. The van der Waals surface area contributed by atoms with Crippen molar-refractivity contribution in [3.8, 4) is 5.75 Å². The Balaban J connectivity index is 2.83. The van der Waals surface area contributed by atoms with Crippen molar-refractivity contribution in [1.29, 1.82) is 0 Å². The summed E-state index contributed by atoms with van der Waals surface area (Å²) in [6, 6.07) is 4.84. The van der Waals surface area contributed by atoms with E-state index < -0.39 is 10.0 Å². The van der Waals surface area contributed by atoms with E-state index in [2.05, 4.69) is 26.0 Å². The molecule has 0 spiro atoms. The second-order valence-electron chi connectivity index (χ2n) is 3.65. The zero-order valence-corrected chi connectivity index (χ0v) is 12.8. The van der Waals surface area contributed by atoms with Crippen LogP contribution in [0.3, 0.4) is 0 Å². The van der Waals surface area contributed by atoms with Gasteiger partial charge in [0.2, 0.25) is 10.0 Å². The molecule has 5 nitrogen and oxygen atoms in total. The van der Waals surface area contributed by atoms with Crippen LogP contribution in [0, 0.1) is 0 Å². The first-order valence-corrected chi connectivity index (χ1v) is 7.76. The standard InChI is InChI=1S/C11H17BrN2O3S/c1-13-6-3-7-14-18(15,16)11-8-9(17-2)4-5-10(11)12/h4-5,8,13-14H,3,6-7H2,1-2H3. The predicted octanol–water partition coefficient (Wildman–Crippen LogP) is 1.35. The lowest BCUT2D eigenvalue weighted by Gasteiger charge is -2.09. The van der Waals surface area contributed by atoms with Crippen molar-refractivity contribution < 1.29 is 13.2 Å². The molecule has 0 heterocycles. The Morgan fingerprint density at radius 3 is 2.67 bits per heavy atom. The Hall–Kier alpha value is -0.630. The Morgan fingerprint density at radius 1 is 1.33 bits per heavy atom. The molecule has 7 heteroatoms. The number of methoxy groups -OCH3 is 1. The summed E-state index contributed by atoms with van der Waals surface area (Å²) < 4.78 is 32.2. The highest BCUT2D eigenvalue weighted by Gasteiger charge is 2.17. The second-order valence-corrected chi connectivity index (χ2v) is 6.24. The van der Waals surface area contributed by atoms with Crippen LogP contribution < -0.4 is 14.8 Å². The van der Waals surface area contributed by atoms with Crippen molar-refractivity contribution in [3.05, 3.63) is 22.7 Å². The molecular weight excluding hydrogens is 320 g/mol. The Bertz CT molecular complexity index is 491. The molecule has 0 radical (unpaired) electrons. The topological polar surface area (TPSA) is 67.4 Å². The van der Waals surface area contributed by atoms with Crippen molar-refractivity contribution in [3.63, 3.8) is 0 Å². The van der Waals surface area contributed by atoms with E-state index in [9.17, 15) is 8.42 Å². The molecule has 0 amide bonds. The highest BCUT2D eigenvalue weighted by molar-refractivity contribution is 9.10. The summed E-state index contributed by atoms with van der Waals surface area (Å²) in [6.07, 6.45) is 0.733. The van der Waals surface area contributed by atoms with Gasteiger partial charge in [-0.15, -0.1) is 0 Å². The average Bonchev–Trinajstić information content (AvgIpc) is 2.35. The molecule has 0 aliphatic heterocycles. The Labute approximate surface area is 116 Å². The van der Waals surface area contributed by atoms with E-state index in [4.69, 9.17) is 4.74 Å². The largest absolute Gasteiger partial charge is 0.497 e. The molecule has 0 unspecified atom stereocenters. The van der Waals surface area contributed by atoms with Crippen LogP contribution >= 0.6 is 15.9 Å². The Morgan fingerprint density at radius 2 is 2.06 bits per heavy atom. The lowest BCUT2D eigenvalue weighted by Crippen LogP contribution is -2.27. The van der Waals surface area contributed by atoms with Gasteiger partial charge in [0.25, 0.3) is 0 Å². The highest BCUT2D eigenvalue weighted by atomic mass is 79.9. The van der Waals surface area contributed by atoms with E-state index in [1.165, 1.54) is 13.2 Å². The van der Waals surface area contributed by atoms with Crippen molar-refractivity contribution in [2.75, 3.05) is 27.2 Å². The van der Waals surface area contributed by atoms with Crippen LogP contribution in [0.4, 0.5) is 0 Å². The molecule has 1 rings (SSSR count). The average molecular weight is 337 g/mol. The number of hydrogen-bond acceptors (Lipinski definition) is 4. The lowest BCUT2D eigenvalue weighted by atomic mass is 10.3. The van der Waals surface area contributed by atoms with Crippen LogP contribution in [0.15, 0.2) is 27.6 Å². The molecule has 0 bridgehead atoms. The fourth-order valence-corrected chi connectivity index (χ4v) is 3.42. The maximum Gasteiger partial charge on any atom is 0.241 e. The predicted molar refractivity (Wildman–Crippen MR) is 74.4 cm³/mol. The SMILES string of the molecule is CNCCCNS(=O)(=O)c1cc(OC)ccc1Br. The van der Waals surface area contributed by atoms with Gasteiger partial charge in [0.05, 0.1) is 12.0 Å². The molecule has 1 aromatic rings. The van der Waals surface area contributed by atoms with Crippen molar-refractivity contribution >= 4 is 26.0 Å². The molecule has 0 saturated heterocycles. The third-order valence-corrected chi connectivity index (χ3v) is 4.78. The van der Waals surface area contributed by atoms with Crippen molar-refractivity contribution in [2.45, 2.75) is 11.3 Å². The minimum absolute atomic E-state index is 0.186. The first-order valence-electron chi connectivity index (χ1n) is 5.49. The van der Waals surface area contributed by atoms with Crippen LogP contribution in [0.25, 0.3) is 0 Å². The number of sulfonamides is 1. The second kappa shape index (κ2) is 7.08.